The van der Waals surface area contributed by atoms with E-state index >= 15 is 4.39 Å². The summed E-state index contributed by atoms with van der Waals surface area (Å²) >= 11 is 0. The van der Waals surface area contributed by atoms with Gasteiger partial charge in [0.05, 0.1) is 17.6 Å². The van der Waals surface area contributed by atoms with Gasteiger partial charge in [0.2, 0.25) is 5.82 Å². The van der Waals surface area contributed by atoms with Gasteiger partial charge in [0, 0.05) is 6.54 Å². The van der Waals surface area contributed by atoms with E-state index in [1.54, 1.807) is 4.90 Å². The molecule has 0 spiro atoms. The van der Waals surface area contributed by atoms with Crippen molar-refractivity contribution in [1.82, 2.24) is 9.97 Å². The van der Waals surface area contributed by atoms with E-state index < -0.39 is 23.6 Å². The summed E-state index contributed by atoms with van der Waals surface area (Å²) in [5.41, 5.74) is -0.222. The molecule has 5 nitrogen and oxygen atoms in total. The quantitative estimate of drug-likeness (QED) is 0.527. The molecule has 0 radical (unpaired) electrons. The Morgan fingerprint density at radius 1 is 1.18 bits per heavy atom. The van der Waals surface area contributed by atoms with Crippen molar-refractivity contribution in [2.75, 3.05) is 16.8 Å². The van der Waals surface area contributed by atoms with Crippen molar-refractivity contribution in [2.45, 2.75) is 65.7 Å². The number of carbonyl (C=O) groups is 1. The minimum absolute atomic E-state index is 0.0600. The zero-order valence-electron chi connectivity index (χ0n) is 19.5. The number of aromatic nitrogens is 2. The Labute approximate surface area is 191 Å². The number of halogens is 4. The second-order valence-corrected chi connectivity index (χ2v) is 9.96. The molecule has 3 atom stereocenters. The maximum Gasteiger partial charge on any atom is 0.416 e. The number of nitrogens with one attached hydrogen (secondary N) is 1. The van der Waals surface area contributed by atoms with Gasteiger partial charge in [-0.15, -0.1) is 0 Å². The van der Waals surface area contributed by atoms with Crippen molar-refractivity contribution >= 4 is 17.4 Å². The van der Waals surface area contributed by atoms with E-state index in [9.17, 15) is 18.0 Å². The number of benzene rings is 1. The second-order valence-electron chi connectivity index (χ2n) is 9.96. The summed E-state index contributed by atoms with van der Waals surface area (Å²) in [6, 6.07) is 4.04. The molecule has 1 aliphatic rings. The summed E-state index contributed by atoms with van der Waals surface area (Å²) in [4.78, 5) is 22.1. The fourth-order valence-electron chi connectivity index (χ4n) is 4.30. The average molecular weight is 467 g/mol. The molecule has 0 saturated carbocycles. The molecule has 0 bridgehead atoms. The highest BCUT2D eigenvalue weighted by molar-refractivity contribution is 5.84. The van der Waals surface area contributed by atoms with Gasteiger partial charge in [-0.2, -0.15) is 17.6 Å². The third kappa shape index (κ3) is 5.81. The molecule has 2 heterocycles. The molecule has 0 aliphatic carbocycles. The average Bonchev–Trinajstić information content (AvgIpc) is 3.08. The molecule has 2 aromatic rings. The highest BCUT2D eigenvalue weighted by Crippen LogP contribution is 2.42. The van der Waals surface area contributed by atoms with Gasteiger partial charge in [0.1, 0.15) is 6.33 Å². The van der Waals surface area contributed by atoms with E-state index in [-0.39, 0.29) is 34.8 Å². The maximum absolute atomic E-state index is 15.5. The third-order valence-corrected chi connectivity index (χ3v) is 5.94. The normalized spacial score (nSPS) is 20.1. The van der Waals surface area contributed by atoms with Crippen LogP contribution in [0.15, 0.2) is 30.6 Å². The van der Waals surface area contributed by atoms with E-state index in [1.807, 2.05) is 27.7 Å². The zero-order valence-corrected chi connectivity index (χ0v) is 19.5. The highest BCUT2D eigenvalue weighted by Gasteiger charge is 2.37. The third-order valence-electron chi connectivity index (χ3n) is 5.94. The first-order valence-corrected chi connectivity index (χ1v) is 11.0. The molecule has 3 rings (SSSR count). The van der Waals surface area contributed by atoms with Crippen LogP contribution in [0.25, 0.3) is 0 Å². The molecule has 1 aliphatic heterocycles. The number of hydrogen-bond donors (Lipinski definition) is 1. The fourth-order valence-corrected chi connectivity index (χ4v) is 4.30. The predicted molar refractivity (Wildman–Crippen MR) is 119 cm³/mol. The van der Waals surface area contributed by atoms with Crippen LogP contribution in [0, 0.1) is 17.2 Å². The van der Waals surface area contributed by atoms with Gasteiger partial charge in [0.15, 0.2) is 17.4 Å². The lowest BCUT2D eigenvalue weighted by atomic mass is 9.87. The lowest BCUT2D eigenvalue weighted by Gasteiger charge is -2.30. The molecule has 1 saturated heterocycles. The van der Waals surface area contributed by atoms with E-state index in [0.29, 0.717) is 18.5 Å². The molecule has 3 unspecified atom stereocenters. The van der Waals surface area contributed by atoms with E-state index in [1.165, 1.54) is 25.4 Å². The summed E-state index contributed by atoms with van der Waals surface area (Å²) in [5.74, 6) is -0.709. The SMILES string of the molecule is CC(=O)C(CC(C)(C)C)Nc1ncnc(N2CCC(C)C2c2ccc(C(F)(F)F)cc2)c1F. The van der Waals surface area contributed by atoms with Crippen molar-refractivity contribution in [3.63, 3.8) is 0 Å². The molecule has 0 amide bonds. The maximum atomic E-state index is 15.5. The molecule has 1 aromatic heterocycles. The smallest absolute Gasteiger partial charge is 0.358 e. The van der Waals surface area contributed by atoms with Crippen LogP contribution in [0.1, 0.15) is 64.6 Å². The zero-order chi connectivity index (χ0) is 24.6. The second kappa shape index (κ2) is 9.27. The van der Waals surface area contributed by atoms with Crippen LogP contribution < -0.4 is 10.2 Å². The molecular formula is C24H30F4N4O. The fraction of sp³-hybridized carbons (Fsp3) is 0.542. The van der Waals surface area contributed by atoms with Crippen LogP contribution in [-0.4, -0.2) is 28.3 Å². The minimum Gasteiger partial charge on any atom is -0.358 e. The Morgan fingerprint density at radius 3 is 2.36 bits per heavy atom. The Morgan fingerprint density at radius 2 is 1.82 bits per heavy atom. The first-order chi connectivity index (χ1) is 15.3. The van der Waals surface area contributed by atoms with Crippen LogP contribution in [0.3, 0.4) is 0 Å². The van der Waals surface area contributed by atoms with Gasteiger partial charge < -0.3 is 10.2 Å². The van der Waals surface area contributed by atoms with Crippen LogP contribution in [0.4, 0.5) is 29.2 Å². The van der Waals surface area contributed by atoms with Gasteiger partial charge in [-0.25, -0.2) is 9.97 Å². The number of ketones is 1. The number of hydrogen-bond acceptors (Lipinski definition) is 5. The van der Waals surface area contributed by atoms with E-state index in [2.05, 4.69) is 15.3 Å². The van der Waals surface area contributed by atoms with Gasteiger partial charge in [-0.1, -0.05) is 39.8 Å². The summed E-state index contributed by atoms with van der Waals surface area (Å²) in [6.45, 7) is 9.91. The standard InChI is InChI=1S/C24H30F4N4O/c1-14-10-11-32(20(14)16-6-8-17(9-7-16)24(26,27)28)22-19(25)21(29-13-30-22)31-18(15(2)33)12-23(3,4)5/h6-9,13-14,18,20H,10-12H2,1-5H3,(H,29,30,31). The molecule has 1 N–H and O–H groups in total. The summed E-state index contributed by atoms with van der Waals surface area (Å²) in [7, 11) is 0. The lowest BCUT2D eigenvalue weighted by molar-refractivity contribution is -0.137. The van der Waals surface area contributed by atoms with E-state index in [4.69, 9.17) is 0 Å². The van der Waals surface area contributed by atoms with Gasteiger partial charge >= 0.3 is 6.18 Å². The number of alkyl halides is 3. The van der Waals surface area contributed by atoms with Crippen LogP contribution >= 0.6 is 0 Å². The number of anilines is 2. The first-order valence-electron chi connectivity index (χ1n) is 11.0. The topological polar surface area (TPSA) is 58.1 Å². The number of rotatable bonds is 6. The molecular weight excluding hydrogens is 436 g/mol. The Hall–Kier alpha value is -2.71. The van der Waals surface area contributed by atoms with Crippen molar-refractivity contribution < 1.29 is 22.4 Å². The summed E-state index contributed by atoms with van der Waals surface area (Å²) in [6.07, 6.45) is -1.95. The number of nitrogens with zero attached hydrogens (tertiary/aromatic N) is 3. The Kier molecular flexibility index (Phi) is 7.00. The van der Waals surface area contributed by atoms with Crippen LogP contribution in [0.2, 0.25) is 0 Å². The summed E-state index contributed by atoms with van der Waals surface area (Å²) < 4.78 is 54.4. The molecule has 9 heteroatoms. The lowest BCUT2D eigenvalue weighted by Crippen LogP contribution is -2.33. The molecule has 1 fully saturated rings. The number of carbonyl (C=O) groups excluding carboxylic acids is 1. The predicted octanol–water partition coefficient (Wildman–Crippen LogP) is 6.03. The van der Waals surface area contributed by atoms with Gasteiger partial charge in [-0.05, 0) is 48.8 Å². The van der Waals surface area contributed by atoms with Crippen molar-refractivity contribution in [1.29, 1.82) is 0 Å². The first kappa shape index (κ1) is 24.9. The van der Waals surface area contributed by atoms with Crippen LogP contribution in [-0.2, 0) is 11.0 Å². The summed E-state index contributed by atoms with van der Waals surface area (Å²) in [5, 5.41) is 2.93. The highest BCUT2D eigenvalue weighted by atomic mass is 19.4. The number of Topliss-reactive ketones (excluding diaryl/α,β-unsaturated/α-hetero) is 1. The van der Waals surface area contributed by atoms with E-state index in [0.717, 1.165) is 18.6 Å². The largest absolute Gasteiger partial charge is 0.416 e. The van der Waals surface area contributed by atoms with Crippen LogP contribution in [0.5, 0.6) is 0 Å². The van der Waals surface area contributed by atoms with Gasteiger partial charge in [0.25, 0.3) is 0 Å². The Balaban J connectivity index is 1.91. The Bertz CT molecular complexity index is 985. The van der Waals surface area contributed by atoms with Crippen molar-refractivity contribution in [3.8, 4) is 0 Å². The molecule has 33 heavy (non-hydrogen) atoms. The van der Waals surface area contributed by atoms with Gasteiger partial charge in [-0.3, -0.25) is 4.79 Å². The monoisotopic (exact) mass is 466 g/mol. The molecule has 180 valence electrons. The van der Waals surface area contributed by atoms with Crippen molar-refractivity contribution in [3.05, 3.63) is 47.5 Å². The minimum atomic E-state index is -4.42. The molecule has 1 aromatic carbocycles. The van der Waals surface area contributed by atoms with Crippen molar-refractivity contribution in [2.24, 2.45) is 11.3 Å².